The van der Waals surface area contributed by atoms with Crippen LogP contribution in [0, 0.1) is 12.8 Å². The summed E-state index contributed by atoms with van der Waals surface area (Å²) in [6.07, 6.45) is 5.74. The van der Waals surface area contributed by atoms with Crippen LogP contribution in [-0.4, -0.2) is 24.0 Å². The molecule has 0 bridgehead atoms. The van der Waals surface area contributed by atoms with Gasteiger partial charge in [0.2, 0.25) is 5.91 Å². The first-order valence-electron chi connectivity index (χ1n) is 6.67. The fraction of sp³-hybridized carbons (Fsp3) is 0.571. The van der Waals surface area contributed by atoms with Crippen LogP contribution in [-0.2, 0) is 4.79 Å². The van der Waals surface area contributed by atoms with Gasteiger partial charge in [0.05, 0.1) is 11.9 Å². The zero-order chi connectivity index (χ0) is 12.8. The third-order valence-electron chi connectivity index (χ3n) is 3.37. The summed E-state index contributed by atoms with van der Waals surface area (Å²) in [6.45, 7) is 4.11. The Hall–Kier alpha value is -1.42. The Labute approximate surface area is 108 Å². The van der Waals surface area contributed by atoms with Crippen molar-refractivity contribution in [3.05, 3.63) is 24.0 Å². The summed E-state index contributed by atoms with van der Waals surface area (Å²) in [5.74, 6) is 0.742. The van der Waals surface area contributed by atoms with E-state index in [2.05, 4.69) is 15.6 Å². The standard InChI is InChI=1S/C14H21N3O/c1-11-4-6-13(10-16-11)17-14(18)7-5-12-3-2-8-15-9-12/h4,6,10,12,15H,2-3,5,7-9H2,1H3,(H,17,18). The van der Waals surface area contributed by atoms with Crippen molar-refractivity contribution in [2.45, 2.75) is 32.6 Å². The summed E-state index contributed by atoms with van der Waals surface area (Å²) in [6, 6.07) is 3.79. The van der Waals surface area contributed by atoms with Crippen molar-refractivity contribution >= 4 is 11.6 Å². The number of rotatable bonds is 4. The van der Waals surface area contributed by atoms with Gasteiger partial charge in [-0.2, -0.15) is 0 Å². The van der Waals surface area contributed by atoms with Gasteiger partial charge in [-0.25, -0.2) is 0 Å². The van der Waals surface area contributed by atoms with E-state index in [1.807, 2.05) is 19.1 Å². The average molecular weight is 247 g/mol. The van der Waals surface area contributed by atoms with Gasteiger partial charge in [-0.3, -0.25) is 9.78 Å². The predicted octanol–water partition coefficient (Wildman–Crippen LogP) is 2.11. The van der Waals surface area contributed by atoms with Crippen molar-refractivity contribution in [1.29, 1.82) is 0 Å². The highest BCUT2D eigenvalue weighted by atomic mass is 16.1. The molecule has 1 aliphatic heterocycles. The number of hydrogen-bond donors (Lipinski definition) is 2. The van der Waals surface area contributed by atoms with Crippen LogP contribution in [0.15, 0.2) is 18.3 Å². The number of nitrogens with zero attached hydrogens (tertiary/aromatic N) is 1. The molecule has 2 N–H and O–H groups in total. The highest BCUT2D eigenvalue weighted by Gasteiger charge is 2.14. The Bertz CT molecular complexity index is 383. The van der Waals surface area contributed by atoms with Crippen molar-refractivity contribution in [3.8, 4) is 0 Å². The molecule has 1 unspecified atom stereocenters. The van der Waals surface area contributed by atoms with Crippen molar-refractivity contribution in [3.63, 3.8) is 0 Å². The molecule has 1 fully saturated rings. The van der Waals surface area contributed by atoms with Gasteiger partial charge < -0.3 is 10.6 Å². The Balaban J connectivity index is 1.73. The summed E-state index contributed by atoms with van der Waals surface area (Å²) in [4.78, 5) is 15.9. The molecule has 1 aromatic rings. The van der Waals surface area contributed by atoms with Gasteiger partial charge in [0.25, 0.3) is 0 Å². The first-order valence-corrected chi connectivity index (χ1v) is 6.67. The van der Waals surface area contributed by atoms with Gasteiger partial charge in [-0.05, 0) is 57.3 Å². The Morgan fingerprint density at radius 1 is 1.56 bits per heavy atom. The lowest BCUT2D eigenvalue weighted by molar-refractivity contribution is -0.116. The van der Waals surface area contributed by atoms with Crippen molar-refractivity contribution in [1.82, 2.24) is 10.3 Å². The number of hydrogen-bond acceptors (Lipinski definition) is 3. The molecule has 0 aromatic carbocycles. The largest absolute Gasteiger partial charge is 0.325 e. The number of nitrogens with one attached hydrogen (secondary N) is 2. The molecule has 0 saturated carbocycles. The van der Waals surface area contributed by atoms with E-state index in [1.54, 1.807) is 6.20 Å². The molecule has 1 atom stereocenters. The highest BCUT2D eigenvalue weighted by Crippen LogP contribution is 2.16. The molecule has 0 spiro atoms. The van der Waals surface area contributed by atoms with Crippen LogP contribution in [0.1, 0.15) is 31.4 Å². The van der Waals surface area contributed by atoms with E-state index >= 15 is 0 Å². The molecule has 98 valence electrons. The molecule has 2 heterocycles. The highest BCUT2D eigenvalue weighted by molar-refractivity contribution is 5.90. The number of pyridine rings is 1. The van der Waals surface area contributed by atoms with E-state index in [-0.39, 0.29) is 5.91 Å². The summed E-state index contributed by atoms with van der Waals surface area (Å²) in [5.41, 5.74) is 1.74. The van der Waals surface area contributed by atoms with Crippen LogP contribution < -0.4 is 10.6 Å². The fourth-order valence-electron chi connectivity index (χ4n) is 2.27. The first kappa shape index (κ1) is 13.0. The van der Waals surface area contributed by atoms with Gasteiger partial charge in [0, 0.05) is 12.1 Å². The number of aromatic nitrogens is 1. The third kappa shape index (κ3) is 4.11. The van der Waals surface area contributed by atoms with Crippen LogP contribution in [0.5, 0.6) is 0 Å². The maximum Gasteiger partial charge on any atom is 0.224 e. The van der Waals surface area contributed by atoms with Gasteiger partial charge in [-0.1, -0.05) is 0 Å². The van der Waals surface area contributed by atoms with Gasteiger partial charge in [-0.15, -0.1) is 0 Å². The van der Waals surface area contributed by atoms with E-state index < -0.39 is 0 Å². The lowest BCUT2D eigenvalue weighted by Crippen LogP contribution is -2.30. The van der Waals surface area contributed by atoms with Gasteiger partial charge in [0.15, 0.2) is 0 Å². The Kier molecular flexibility index (Phi) is 4.70. The summed E-state index contributed by atoms with van der Waals surface area (Å²) in [5, 5.41) is 6.26. The van der Waals surface area contributed by atoms with Crippen LogP contribution in [0.3, 0.4) is 0 Å². The lowest BCUT2D eigenvalue weighted by Gasteiger charge is -2.22. The molecule has 1 aromatic heterocycles. The van der Waals surface area contributed by atoms with Crippen LogP contribution in [0.25, 0.3) is 0 Å². The van der Waals surface area contributed by atoms with Crippen molar-refractivity contribution < 1.29 is 4.79 Å². The van der Waals surface area contributed by atoms with E-state index in [0.29, 0.717) is 12.3 Å². The molecule has 4 heteroatoms. The van der Waals surface area contributed by atoms with E-state index in [4.69, 9.17) is 0 Å². The number of carbonyl (C=O) groups excluding carboxylic acids is 1. The van der Waals surface area contributed by atoms with Crippen LogP contribution in [0.4, 0.5) is 5.69 Å². The maximum absolute atomic E-state index is 11.8. The van der Waals surface area contributed by atoms with Crippen molar-refractivity contribution in [2.24, 2.45) is 5.92 Å². The monoisotopic (exact) mass is 247 g/mol. The SMILES string of the molecule is Cc1ccc(NC(=O)CCC2CCCNC2)cn1. The topological polar surface area (TPSA) is 54.0 Å². The van der Waals surface area contributed by atoms with Crippen LogP contribution >= 0.6 is 0 Å². The second kappa shape index (κ2) is 6.50. The van der Waals surface area contributed by atoms with Gasteiger partial charge in [0.1, 0.15) is 0 Å². The lowest BCUT2D eigenvalue weighted by atomic mass is 9.94. The quantitative estimate of drug-likeness (QED) is 0.856. The van der Waals surface area contributed by atoms with Gasteiger partial charge >= 0.3 is 0 Å². The second-order valence-corrected chi connectivity index (χ2v) is 4.99. The fourth-order valence-corrected chi connectivity index (χ4v) is 2.27. The van der Waals surface area contributed by atoms with E-state index in [1.165, 1.54) is 12.8 Å². The molecule has 0 radical (unpaired) electrons. The number of amides is 1. The number of piperidine rings is 1. The van der Waals surface area contributed by atoms with Crippen molar-refractivity contribution in [2.75, 3.05) is 18.4 Å². The zero-order valence-electron chi connectivity index (χ0n) is 10.9. The Morgan fingerprint density at radius 2 is 2.44 bits per heavy atom. The minimum absolute atomic E-state index is 0.0891. The Morgan fingerprint density at radius 3 is 3.11 bits per heavy atom. The summed E-state index contributed by atoms with van der Waals surface area (Å²) < 4.78 is 0. The van der Waals surface area contributed by atoms with Crippen LogP contribution in [0.2, 0.25) is 0 Å². The predicted molar refractivity (Wildman–Crippen MR) is 72.4 cm³/mol. The molecule has 2 rings (SSSR count). The molecular formula is C14H21N3O. The minimum Gasteiger partial charge on any atom is -0.325 e. The minimum atomic E-state index is 0.0891. The molecule has 0 aliphatic carbocycles. The molecule has 4 nitrogen and oxygen atoms in total. The summed E-state index contributed by atoms with van der Waals surface area (Å²) in [7, 11) is 0. The third-order valence-corrected chi connectivity index (χ3v) is 3.37. The molecular weight excluding hydrogens is 226 g/mol. The average Bonchev–Trinajstić information content (AvgIpc) is 2.40. The molecule has 1 aliphatic rings. The molecule has 1 saturated heterocycles. The number of carbonyl (C=O) groups is 1. The number of anilines is 1. The van der Waals surface area contributed by atoms with E-state index in [0.717, 1.165) is 30.9 Å². The van der Waals surface area contributed by atoms with E-state index in [9.17, 15) is 4.79 Å². The second-order valence-electron chi connectivity index (χ2n) is 4.99. The maximum atomic E-state index is 11.8. The zero-order valence-corrected chi connectivity index (χ0v) is 10.9. The normalized spacial score (nSPS) is 19.5. The molecule has 1 amide bonds. The first-order chi connectivity index (χ1) is 8.74. The molecule has 18 heavy (non-hydrogen) atoms. The number of aryl methyl sites for hydroxylation is 1. The summed E-state index contributed by atoms with van der Waals surface area (Å²) >= 11 is 0. The smallest absolute Gasteiger partial charge is 0.224 e.